The Morgan fingerprint density at radius 2 is 2.00 bits per heavy atom. The van der Waals surface area contributed by atoms with Gasteiger partial charge in [0.05, 0.1) is 6.61 Å². The van der Waals surface area contributed by atoms with Crippen LogP contribution in [0.2, 0.25) is 0 Å². The molecule has 2 rings (SSSR count). The molecule has 1 aromatic rings. The molecular weight excluding hydrogens is 236 g/mol. The predicted molar refractivity (Wildman–Crippen MR) is 80.6 cm³/mol. The van der Waals surface area contributed by atoms with Gasteiger partial charge in [-0.05, 0) is 43.7 Å². The molecule has 0 aromatic heterocycles. The normalized spacial score (nSPS) is 23.4. The second kappa shape index (κ2) is 6.80. The average Bonchev–Trinajstić information content (AvgIpc) is 2.40. The molecule has 0 saturated heterocycles. The molecule has 0 spiro atoms. The van der Waals surface area contributed by atoms with Gasteiger partial charge in [-0.15, -0.1) is 0 Å². The van der Waals surface area contributed by atoms with Gasteiger partial charge < -0.3 is 15.8 Å². The van der Waals surface area contributed by atoms with Crippen LogP contribution < -0.4 is 15.8 Å². The number of ether oxygens (including phenoxy) is 1. The Labute approximate surface area is 116 Å². The lowest BCUT2D eigenvalue weighted by molar-refractivity contribution is 0.271. The molecule has 3 nitrogen and oxygen atoms in total. The highest BCUT2D eigenvalue weighted by atomic mass is 16.5. The van der Waals surface area contributed by atoms with E-state index in [0.29, 0.717) is 18.0 Å². The van der Waals surface area contributed by atoms with Crippen LogP contribution in [0.1, 0.15) is 39.5 Å². The summed E-state index contributed by atoms with van der Waals surface area (Å²) in [6.07, 6.45) is 4.58. The lowest BCUT2D eigenvalue weighted by Crippen LogP contribution is -2.32. The Kier molecular flexibility index (Phi) is 5.08. The molecule has 1 aliphatic rings. The zero-order valence-corrected chi connectivity index (χ0v) is 12.1. The van der Waals surface area contributed by atoms with E-state index in [2.05, 4.69) is 31.3 Å². The maximum atomic E-state index is 5.93. The van der Waals surface area contributed by atoms with Crippen LogP contribution in [0.15, 0.2) is 24.3 Å². The van der Waals surface area contributed by atoms with Crippen LogP contribution in [0.25, 0.3) is 0 Å². The number of benzene rings is 1. The second-order valence-corrected chi connectivity index (χ2v) is 5.99. The predicted octanol–water partition coefficient (Wildman–Crippen LogP) is 3.40. The van der Waals surface area contributed by atoms with E-state index in [1.807, 2.05) is 12.1 Å². The Morgan fingerprint density at radius 3 is 2.68 bits per heavy atom. The standard InChI is InChI=1S/C16H26N2O/c1-12(2)11-19-16-5-3-4-15(10-16)18-14-8-6-13(17)7-9-14/h3-5,10,12-14,18H,6-9,11,17H2,1-2H3. The SMILES string of the molecule is CC(C)COc1cccc(NC2CCC(N)CC2)c1. The summed E-state index contributed by atoms with van der Waals surface area (Å²) >= 11 is 0. The first kappa shape index (κ1) is 14.2. The summed E-state index contributed by atoms with van der Waals surface area (Å²) in [5, 5.41) is 3.59. The van der Waals surface area contributed by atoms with E-state index in [-0.39, 0.29) is 0 Å². The molecule has 0 unspecified atom stereocenters. The van der Waals surface area contributed by atoms with Gasteiger partial charge in [-0.2, -0.15) is 0 Å². The van der Waals surface area contributed by atoms with Crippen LogP contribution >= 0.6 is 0 Å². The topological polar surface area (TPSA) is 47.3 Å². The number of rotatable bonds is 5. The molecule has 0 heterocycles. The molecule has 0 radical (unpaired) electrons. The number of hydrogen-bond donors (Lipinski definition) is 2. The third-order valence-corrected chi connectivity index (χ3v) is 3.56. The molecule has 106 valence electrons. The lowest BCUT2D eigenvalue weighted by atomic mass is 9.92. The van der Waals surface area contributed by atoms with Crippen molar-refractivity contribution in [3.8, 4) is 5.75 Å². The second-order valence-electron chi connectivity index (χ2n) is 5.99. The summed E-state index contributed by atoms with van der Waals surface area (Å²) in [6, 6.07) is 9.23. The van der Waals surface area contributed by atoms with E-state index < -0.39 is 0 Å². The van der Waals surface area contributed by atoms with Crippen molar-refractivity contribution in [2.75, 3.05) is 11.9 Å². The average molecular weight is 262 g/mol. The van der Waals surface area contributed by atoms with Crippen molar-refractivity contribution in [2.24, 2.45) is 11.7 Å². The number of nitrogens with two attached hydrogens (primary N) is 1. The van der Waals surface area contributed by atoms with Gasteiger partial charge in [-0.25, -0.2) is 0 Å². The fourth-order valence-corrected chi connectivity index (χ4v) is 2.44. The molecule has 3 heteroatoms. The summed E-state index contributed by atoms with van der Waals surface area (Å²) in [5.41, 5.74) is 7.09. The van der Waals surface area contributed by atoms with E-state index in [0.717, 1.165) is 43.7 Å². The smallest absolute Gasteiger partial charge is 0.121 e. The van der Waals surface area contributed by atoms with Gasteiger partial charge in [0.2, 0.25) is 0 Å². The largest absolute Gasteiger partial charge is 0.493 e. The molecule has 1 aromatic carbocycles. The van der Waals surface area contributed by atoms with Crippen molar-refractivity contribution < 1.29 is 4.74 Å². The molecule has 1 aliphatic carbocycles. The summed E-state index contributed by atoms with van der Waals surface area (Å²) in [4.78, 5) is 0. The van der Waals surface area contributed by atoms with Gasteiger partial charge in [0.15, 0.2) is 0 Å². The van der Waals surface area contributed by atoms with Gasteiger partial charge >= 0.3 is 0 Å². The van der Waals surface area contributed by atoms with Crippen LogP contribution in [0.4, 0.5) is 5.69 Å². The Balaban J connectivity index is 1.88. The van der Waals surface area contributed by atoms with E-state index in [1.165, 1.54) is 0 Å². The summed E-state index contributed by atoms with van der Waals surface area (Å²) in [5.74, 6) is 1.50. The minimum atomic E-state index is 0.402. The van der Waals surface area contributed by atoms with Crippen molar-refractivity contribution in [3.05, 3.63) is 24.3 Å². The highest BCUT2D eigenvalue weighted by Gasteiger charge is 2.18. The first-order chi connectivity index (χ1) is 9.13. The van der Waals surface area contributed by atoms with Gasteiger partial charge in [-0.1, -0.05) is 19.9 Å². The maximum Gasteiger partial charge on any atom is 0.121 e. The van der Waals surface area contributed by atoms with Gasteiger partial charge in [0.25, 0.3) is 0 Å². The first-order valence-electron chi connectivity index (χ1n) is 7.38. The maximum absolute atomic E-state index is 5.93. The fraction of sp³-hybridized carbons (Fsp3) is 0.625. The third-order valence-electron chi connectivity index (χ3n) is 3.56. The minimum absolute atomic E-state index is 0.402. The van der Waals surface area contributed by atoms with Crippen molar-refractivity contribution in [1.82, 2.24) is 0 Å². The number of nitrogens with one attached hydrogen (secondary N) is 1. The molecule has 0 bridgehead atoms. The van der Waals surface area contributed by atoms with E-state index >= 15 is 0 Å². The Morgan fingerprint density at radius 1 is 1.26 bits per heavy atom. The Hall–Kier alpha value is -1.22. The molecule has 3 N–H and O–H groups in total. The van der Waals surface area contributed by atoms with Crippen LogP contribution in [-0.2, 0) is 0 Å². The molecule has 0 atom stereocenters. The zero-order chi connectivity index (χ0) is 13.7. The van der Waals surface area contributed by atoms with Crippen LogP contribution in [-0.4, -0.2) is 18.7 Å². The molecular formula is C16H26N2O. The van der Waals surface area contributed by atoms with Gasteiger partial charge in [0, 0.05) is 23.8 Å². The quantitative estimate of drug-likeness (QED) is 0.855. The van der Waals surface area contributed by atoms with Crippen molar-refractivity contribution in [3.63, 3.8) is 0 Å². The van der Waals surface area contributed by atoms with E-state index in [4.69, 9.17) is 10.5 Å². The highest BCUT2D eigenvalue weighted by Crippen LogP contribution is 2.23. The summed E-state index contributed by atoms with van der Waals surface area (Å²) in [7, 11) is 0. The summed E-state index contributed by atoms with van der Waals surface area (Å²) < 4.78 is 5.75. The van der Waals surface area contributed by atoms with Crippen LogP contribution in [0, 0.1) is 5.92 Å². The highest BCUT2D eigenvalue weighted by molar-refractivity contribution is 5.48. The van der Waals surface area contributed by atoms with Crippen molar-refractivity contribution in [1.29, 1.82) is 0 Å². The Bertz CT molecular complexity index is 384. The zero-order valence-electron chi connectivity index (χ0n) is 12.1. The fourth-order valence-electron chi connectivity index (χ4n) is 2.44. The monoisotopic (exact) mass is 262 g/mol. The van der Waals surface area contributed by atoms with Crippen molar-refractivity contribution >= 4 is 5.69 Å². The number of hydrogen-bond acceptors (Lipinski definition) is 3. The third kappa shape index (κ3) is 4.75. The molecule has 19 heavy (non-hydrogen) atoms. The van der Waals surface area contributed by atoms with Crippen LogP contribution in [0.5, 0.6) is 5.75 Å². The first-order valence-corrected chi connectivity index (χ1v) is 7.38. The minimum Gasteiger partial charge on any atom is -0.493 e. The van der Waals surface area contributed by atoms with E-state index in [1.54, 1.807) is 0 Å². The van der Waals surface area contributed by atoms with Crippen molar-refractivity contribution in [2.45, 2.75) is 51.6 Å². The molecule has 1 saturated carbocycles. The van der Waals surface area contributed by atoms with Gasteiger partial charge in [-0.3, -0.25) is 0 Å². The molecule has 1 fully saturated rings. The van der Waals surface area contributed by atoms with E-state index in [9.17, 15) is 0 Å². The van der Waals surface area contributed by atoms with Gasteiger partial charge in [0.1, 0.15) is 5.75 Å². The number of anilines is 1. The lowest BCUT2D eigenvalue weighted by Gasteiger charge is -2.27. The molecule has 0 aliphatic heterocycles. The molecule has 0 amide bonds. The van der Waals surface area contributed by atoms with Crippen LogP contribution in [0.3, 0.4) is 0 Å². The summed E-state index contributed by atoms with van der Waals surface area (Å²) in [6.45, 7) is 5.09.